The van der Waals surface area contributed by atoms with E-state index >= 15 is 0 Å². The van der Waals surface area contributed by atoms with Crippen molar-refractivity contribution in [1.29, 1.82) is 0 Å². The lowest BCUT2D eigenvalue weighted by Gasteiger charge is -2.12. The van der Waals surface area contributed by atoms with Gasteiger partial charge in [0.1, 0.15) is 5.01 Å². The van der Waals surface area contributed by atoms with Gasteiger partial charge in [0.15, 0.2) is 0 Å². The molecule has 1 aromatic carbocycles. The van der Waals surface area contributed by atoms with Crippen LogP contribution >= 0.6 is 11.3 Å². The van der Waals surface area contributed by atoms with Gasteiger partial charge in [-0.1, -0.05) is 12.1 Å². The molecule has 1 amide bonds. The van der Waals surface area contributed by atoms with Gasteiger partial charge in [0.05, 0.1) is 17.6 Å². The van der Waals surface area contributed by atoms with Crippen molar-refractivity contribution in [3.8, 4) is 0 Å². The Morgan fingerprint density at radius 2 is 2.05 bits per heavy atom. The van der Waals surface area contributed by atoms with Crippen LogP contribution in [-0.2, 0) is 4.79 Å². The Labute approximate surface area is 126 Å². The van der Waals surface area contributed by atoms with Gasteiger partial charge in [-0.15, -0.1) is 11.3 Å². The number of rotatable bonds is 4. The summed E-state index contributed by atoms with van der Waals surface area (Å²) in [5.41, 5.74) is 2.64. The number of aromatic carboxylic acids is 1. The lowest BCUT2D eigenvalue weighted by Crippen LogP contribution is -2.23. The van der Waals surface area contributed by atoms with Gasteiger partial charge in [0.2, 0.25) is 5.91 Å². The fourth-order valence-corrected chi connectivity index (χ4v) is 2.65. The molecule has 6 heteroatoms. The molecule has 0 aliphatic heterocycles. The Morgan fingerprint density at radius 3 is 2.67 bits per heavy atom. The fourth-order valence-electron chi connectivity index (χ4n) is 1.80. The van der Waals surface area contributed by atoms with Gasteiger partial charge in [-0.3, -0.25) is 4.79 Å². The van der Waals surface area contributed by atoms with Gasteiger partial charge in [-0.25, -0.2) is 4.98 Å². The number of nitrogens with zero attached hydrogens (tertiary/aromatic N) is 1. The summed E-state index contributed by atoms with van der Waals surface area (Å²) in [5.74, 6) is -2.08. The fraction of sp³-hybridized carbons (Fsp3) is 0.267. The molecule has 110 valence electrons. The number of benzene rings is 1. The van der Waals surface area contributed by atoms with Gasteiger partial charge >= 0.3 is 0 Å². The number of carbonyl (C=O) groups excluding carboxylic acids is 2. The lowest BCUT2D eigenvalue weighted by molar-refractivity contribution is -0.255. The number of nitrogens with one attached hydrogen (secondary N) is 1. The maximum absolute atomic E-state index is 12.2. The molecule has 21 heavy (non-hydrogen) atoms. The summed E-state index contributed by atoms with van der Waals surface area (Å²) in [5, 5.41) is 15.4. The molecule has 1 aromatic heterocycles. The van der Waals surface area contributed by atoms with E-state index in [-0.39, 0.29) is 11.6 Å². The van der Waals surface area contributed by atoms with Gasteiger partial charge < -0.3 is 15.2 Å². The molecule has 5 nitrogen and oxygen atoms in total. The molecule has 0 radical (unpaired) electrons. The lowest BCUT2D eigenvalue weighted by atomic mass is 10.1. The number of thiazole rings is 1. The first-order chi connectivity index (χ1) is 9.88. The van der Waals surface area contributed by atoms with Crippen LogP contribution in [0.25, 0.3) is 0 Å². The molecule has 1 heterocycles. The zero-order valence-electron chi connectivity index (χ0n) is 12.0. The van der Waals surface area contributed by atoms with Crippen molar-refractivity contribution in [2.75, 3.05) is 5.32 Å². The highest BCUT2D eigenvalue weighted by Crippen LogP contribution is 2.23. The van der Waals surface area contributed by atoms with Crippen molar-refractivity contribution in [2.45, 2.75) is 26.7 Å². The highest BCUT2D eigenvalue weighted by atomic mass is 32.1. The number of hydrogen-bond acceptors (Lipinski definition) is 5. The molecule has 0 spiro atoms. The number of carboxylic acid groups (broad SMARTS) is 1. The molecule has 2 rings (SSSR count). The maximum Gasteiger partial charge on any atom is 0.234 e. The van der Waals surface area contributed by atoms with E-state index < -0.39 is 11.9 Å². The van der Waals surface area contributed by atoms with E-state index in [1.54, 1.807) is 6.92 Å². The minimum atomic E-state index is -1.33. The zero-order chi connectivity index (χ0) is 15.6. The number of carbonyl (C=O) groups is 2. The standard InChI is InChI=1S/C15H16N2O3S/c1-8-4-5-9(2)11(6-8)16-13(18)10(3)14-17-12(7-21-14)15(19)20/h4-7,10H,1-3H3,(H,16,18)(H,19,20)/p-1/t10-/m1/s1. The molecule has 0 unspecified atom stereocenters. The Kier molecular flexibility index (Phi) is 4.37. The first kappa shape index (κ1) is 15.2. The van der Waals surface area contributed by atoms with Gasteiger partial charge in [-0.2, -0.15) is 0 Å². The summed E-state index contributed by atoms with van der Waals surface area (Å²) in [6.45, 7) is 5.56. The van der Waals surface area contributed by atoms with E-state index in [2.05, 4.69) is 10.3 Å². The average molecular weight is 303 g/mol. The summed E-state index contributed by atoms with van der Waals surface area (Å²) in [6.07, 6.45) is 0. The summed E-state index contributed by atoms with van der Waals surface area (Å²) in [7, 11) is 0. The van der Waals surface area contributed by atoms with Crippen LogP contribution in [0.3, 0.4) is 0 Å². The smallest absolute Gasteiger partial charge is 0.234 e. The third-order valence-corrected chi connectivity index (χ3v) is 4.17. The topological polar surface area (TPSA) is 82.1 Å². The molecule has 0 aliphatic rings. The Hall–Kier alpha value is -2.21. The van der Waals surface area contributed by atoms with Crippen molar-refractivity contribution < 1.29 is 14.7 Å². The average Bonchev–Trinajstić information content (AvgIpc) is 2.91. The molecule has 0 saturated carbocycles. The molecule has 0 fully saturated rings. The van der Waals surface area contributed by atoms with Crippen LogP contribution in [0.1, 0.15) is 39.5 Å². The Balaban J connectivity index is 2.15. The van der Waals surface area contributed by atoms with Crippen LogP contribution in [-0.4, -0.2) is 16.9 Å². The van der Waals surface area contributed by atoms with E-state index in [1.807, 2.05) is 32.0 Å². The third-order valence-electron chi connectivity index (χ3n) is 3.15. The molecule has 0 saturated heterocycles. The number of aromatic nitrogens is 1. The van der Waals surface area contributed by atoms with E-state index in [1.165, 1.54) is 5.38 Å². The maximum atomic E-state index is 12.2. The highest BCUT2D eigenvalue weighted by molar-refractivity contribution is 7.10. The second kappa shape index (κ2) is 6.05. The quantitative estimate of drug-likeness (QED) is 0.934. The third kappa shape index (κ3) is 3.46. The van der Waals surface area contributed by atoms with Crippen LogP contribution in [0.2, 0.25) is 0 Å². The van der Waals surface area contributed by atoms with Crippen molar-refractivity contribution in [3.05, 3.63) is 45.4 Å². The van der Waals surface area contributed by atoms with Crippen LogP contribution in [0, 0.1) is 13.8 Å². The van der Waals surface area contributed by atoms with E-state index in [0.29, 0.717) is 5.01 Å². The van der Waals surface area contributed by atoms with Crippen LogP contribution in [0.15, 0.2) is 23.6 Å². The molecule has 1 atom stereocenters. The number of amides is 1. The number of carboxylic acids is 1. The minimum absolute atomic E-state index is 0.138. The van der Waals surface area contributed by atoms with Crippen molar-refractivity contribution in [1.82, 2.24) is 4.98 Å². The van der Waals surface area contributed by atoms with E-state index in [0.717, 1.165) is 28.2 Å². The van der Waals surface area contributed by atoms with Gasteiger partial charge in [0.25, 0.3) is 0 Å². The second-order valence-corrected chi connectivity index (χ2v) is 5.78. The Morgan fingerprint density at radius 1 is 1.33 bits per heavy atom. The molecular weight excluding hydrogens is 288 g/mol. The summed E-state index contributed by atoms with van der Waals surface area (Å²) < 4.78 is 0. The number of hydrogen-bond donors (Lipinski definition) is 1. The minimum Gasteiger partial charge on any atom is -0.543 e. The monoisotopic (exact) mass is 303 g/mol. The summed E-state index contributed by atoms with van der Waals surface area (Å²) in [4.78, 5) is 26.9. The summed E-state index contributed by atoms with van der Waals surface area (Å²) in [6, 6.07) is 5.81. The molecule has 0 aliphatic carbocycles. The SMILES string of the molecule is Cc1ccc(C)c(NC(=O)[C@@H](C)c2nc(C(=O)[O-])cs2)c1. The van der Waals surface area contributed by atoms with Gasteiger partial charge in [0, 0.05) is 11.1 Å². The normalized spacial score (nSPS) is 12.0. The molecular formula is C15H15N2O3S-. The predicted molar refractivity (Wildman–Crippen MR) is 79.4 cm³/mol. The predicted octanol–water partition coefficient (Wildman–Crippen LogP) is 1.87. The first-order valence-electron chi connectivity index (χ1n) is 6.43. The van der Waals surface area contributed by atoms with Crippen LogP contribution in [0.4, 0.5) is 5.69 Å². The second-order valence-electron chi connectivity index (χ2n) is 4.89. The van der Waals surface area contributed by atoms with Crippen molar-refractivity contribution >= 4 is 28.9 Å². The van der Waals surface area contributed by atoms with E-state index in [9.17, 15) is 14.7 Å². The molecule has 1 N–H and O–H groups in total. The van der Waals surface area contributed by atoms with Crippen molar-refractivity contribution in [2.24, 2.45) is 0 Å². The highest BCUT2D eigenvalue weighted by Gasteiger charge is 2.19. The summed E-state index contributed by atoms with van der Waals surface area (Å²) >= 11 is 1.14. The zero-order valence-corrected chi connectivity index (χ0v) is 12.8. The molecule has 0 bridgehead atoms. The van der Waals surface area contributed by atoms with Crippen molar-refractivity contribution in [3.63, 3.8) is 0 Å². The van der Waals surface area contributed by atoms with Crippen LogP contribution in [0.5, 0.6) is 0 Å². The largest absolute Gasteiger partial charge is 0.543 e. The number of anilines is 1. The van der Waals surface area contributed by atoms with E-state index in [4.69, 9.17) is 0 Å². The van der Waals surface area contributed by atoms with Gasteiger partial charge in [-0.05, 0) is 38.0 Å². The first-order valence-corrected chi connectivity index (χ1v) is 7.31. The van der Waals surface area contributed by atoms with Crippen LogP contribution < -0.4 is 10.4 Å². The molecule has 2 aromatic rings. The number of aryl methyl sites for hydroxylation is 2. The Bertz CT molecular complexity index is 694.